The number of carboxylic acid groups (broad SMARTS) is 2. The highest BCUT2D eigenvalue weighted by molar-refractivity contribution is 6.00. The zero-order chi connectivity index (χ0) is 67.5. The maximum Gasteiger partial charge on any atom is 0.328 e. The second kappa shape index (κ2) is 42.1. The molecule has 0 radical (unpaired) electrons. The molecule has 0 fully saturated rings. The van der Waals surface area contributed by atoms with Crippen molar-refractivity contribution < 1.29 is 82.8 Å². The van der Waals surface area contributed by atoms with E-state index < -0.39 is 181 Å². The Morgan fingerprint density at radius 1 is 0.443 bits per heavy atom. The predicted octanol–water partition coefficient (Wildman–Crippen LogP) is -6.56. The predicted molar refractivity (Wildman–Crippen MR) is 320 cm³/mol. The van der Waals surface area contributed by atoms with E-state index in [4.69, 9.17) is 34.4 Å². The van der Waals surface area contributed by atoms with Crippen LogP contribution in [0.15, 0.2) is 4.99 Å². The highest BCUT2D eigenvalue weighted by Gasteiger charge is 2.37. The largest absolute Gasteiger partial charge is 0.481 e. The number of hydrogen-bond acceptors (Lipinski definition) is 19. The fraction of sp³-hybridized carbons (Fsp3) is 0.741. The second-order valence-electron chi connectivity index (χ2n) is 22.6. The highest BCUT2D eigenvalue weighted by Crippen LogP contribution is 2.13. The van der Waals surface area contributed by atoms with Crippen LogP contribution in [0, 0.1) is 17.8 Å². The van der Waals surface area contributed by atoms with E-state index in [0.29, 0.717) is 19.3 Å². The van der Waals surface area contributed by atoms with Gasteiger partial charge in [0.1, 0.15) is 66.5 Å². The van der Waals surface area contributed by atoms with Gasteiger partial charge in [-0.25, -0.2) is 4.79 Å². The lowest BCUT2D eigenvalue weighted by Crippen LogP contribution is -2.61. The van der Waals surface area contributed by atoms with Gasteiger partial charge in [0.25, 0.3) is 0 Å². The van der Waals surface area contributed by atoms with E-state index in [1.807, 2.05) is 0 Å². The van der Waals surface area contributed by atoms with Gasteiger partial charge in [0.15, 0.2) is 5.96 Å². The summed E-state index contributed by atoms with van der Waals surface area (Å²) in [6.45, 7) is 12.0. The van der Waals surface area contributed by atoms with Gasteiger partial charge < -0.3 is 108 Å². The van der Waals surface area contributed by atoms with Gasteiger partial charge in [-0.15, -0.1) is 0 Å². The summed E-state index contributed by atoms with van der Waals surface area (Å²) in [5, 5.41) is 62.7. The second-order valence-corrected chi connectivity index (χ2v) is 22.6. The van der Waals surface area contributed by atoms with E-state index in [1.54, 1.807) is 41.5 Å². The molecule has 12 atom stereocenters. The van der Waals surface area contributed by atoms with Gasteiger partial charge in [0.2, 0.25) is 65.0 Å². The Balaban J connectivity index is 6.75. The number of aliphatic carboxylic acids is 2. The van der Waals surface area contributed by atoms with Gasteiger partial charge in [-0.3, -0.25) is 62.5 Å². The number of carbonyl (C=O) groups is 13. The van der Waals surface area contributed by atoms with Crippen LogP contribution in [0.2, 0.25) is 0 Å². The van der Waals surface area contributed by atoms with Gasteiger partial charge in [-0.1, -0.05) is 41.5 Å². The first kappa shape index (κ1) is 80.2. The topological polar surface area (TPSA) is 592 Å². The number of nitrogens with two attached hydrogens (primary N) is 6. The number of primary amides is 1. The van der Waals surface area contributed by atoms with Crippen molar-refractivity contribution in [3.63, 3.8) is 0 Å². The Hall–Kier alpha value is -7.82. The lowest BCUT2D eigenvalue weighted by atomic mass is 9.98. The van der Waals surface area contributed by atoms with Gasteiger partial charge in [0.05, 0.1) is 19.1 Å². The Morgan fingerprint density at radius 2 is 0.818 bits per heavy atom. The molecule has 0 aromatic carbocycles. The van der Waals surface area contributed by atoms with E-state index in [0.717, 1.165) is 0 Å². The Labute approximate surface area is 512 Å². The minimum absolute atomic E-state index is 0.00579. The molecule has 34 heteroatoms. The molecule has 0 heterocycles. The number of aliphatic imine (C=N–C) groups is 1. The molecule has 88 heavy (non-hydrogen) atoms. The van der Waals surface area contributed by atoms with Crippen molar-refractivity contribution in [3.05, 3.63) is 0 Å². The summed E-state index contributed by atoms with van der Waals surface area (Å²) in [5.74, 6) is -14.9. The molecule has 11 amide bonds. The number of aliphatic hydroxyl groups is 2. The van der Waals surface area contributed by atoms with Crippen molar-refractivity contribution in [1.82, 2.24) is 53.2 Å². The van der Waals surface area contributed by atoms with E-state index in [9.17, 15) is 82.8 Å². The average Bonchev–Trinajstić information content (AvgIpc) is 3.62. The SMILES string of the molecule is CC(C)C[C@H](NC(=O)[C@H](CCC(=O)O)NC(=O)[C@@H](N)[C@@H](C)O)C(=O)N[C@@H](C)C(=O)N[C@@H](CCCCN)C(=O)N[C@@H](CC(C)C)C(=O)N[C@H](C(=O)N[C@@H](CC(N)=O)C(=O)N[C@@H](CCCCN)C(=O)N[C@@H](CCCN=C(N)N)C(=O)N[C@@H](CO)C(=O)O)C(C)C. The van der Waals surface area contributed by atoms with Crippen molar-refractivity contribution in [1.29, 1.82) is 0 Å². The molecule has 0 aliphatic heterocycles. The molecule has 34 nitrogen and oxygen atoms in total. The molecular formula is C54H99N17O17. The minimum Gasteiger partial charge on any atom is -0.481 e. The number of nitrogens with zero attached hydrogens (tertiary/aromatic N) is 1. The quantitative estimate of drug-likeness (QED) is 0.0153. The number of unbranched alkanes of at least 4 members (excludes halogenated alkanes) is 2. The fourth-order valence-electron chi connectivity index (χ4n) is 8.41. The molecule has 0 rings (SSSR count). The zero-order valence-corrected chi connectivity index (χ0v) is 51.7. The first-order valence-corrected chi connectivity index (χ1v) is 29.4. The molecule has 0 saturated carbocycles. The number of carbonyl (C=O) groups excluding carboxylic acids is 11. The summed E-state index contributed by atoms with van der Waals surface area (Å²) in [5.41, 5.74) is 33.4. The summed E-state index contributed by atoms with van der Waals surface area (Å²) >= 11 is 0. The van der Waals surface area contributed by atoms with Crippen molar-refractivity contribution in [2.24, 2.45) is 57.1 Å². The minimum atomic E-state index is -1.77. The van der Waals surface area contributed by atoms with Gasteiger partial charge in [-0.05, 0) is 115 Å². The molecule has 26 N–H and O–H groups in total. The van der Waals surface area contributed by atoms with Crippen LogP contribution in [-0.2, 0) is 62.3 Å². The standard InChI is InChI=1S/C54H99N17O17/c1-26(2)22-35(67-47(81)34(17-18-40(75)76)66-51(85)41(58)30(8)73)48(82)62-29(7)43(77)63-31(14-9-11-19-55)45(79)68-36(23-27(3)4)50(84)71-42(28(5)6)52(86)69-37(24-39(57)74)49(83)65-32(15-10-12-20-56)44(78)64-33(16-13-21-61-54(59)60)46(80)70-38(25-72)53(87)88/h26-38,41-42,72-73H,9-25,55-56,58H2,1-8H3,(H2,57,74)(H,62,82)(H,63,77)(H,64,78)(H,65,83)(H,66,85)(H,67,81)(H,68,79)(H,69,86)(H,70,80)(H,71,84)(H,75,76)(H,87,88)(H4,59,60,61)/t29-,30+,31-,32-,33-,34-,35-,36-,37-,38-,41-,42-/m0/s1. The van der Waals surface area contributed by atoms with Crippen LogP contribution in [0.1, 0.15) is 139 Å². The Morgan fingerprint density at radius 3 is 1.20 bits per heavy atom. The van der Waals surface area contributed by atoms with Crippen molar-refractivity contribution in [3.8, 4) is 0 Å². The molecule has 0 unspecified atom stereocenters. The van der Waals surface area contributed by atoms with E-state index in [1.165, 1.54) is 13.8 Å². The number of aliphatic hydroxyl groups excluding tert-OH is 2. The fourth-order valence-corrected chi connectivity index (χ4v) is 8.41. The molecule has 0 spiro atoms. The molecule has 0 saturated heterocycles. The third kappa shape index (κ3) is 32.2. The number of guanidine groups is 1. The summed E-state index contributed by atoms with van der Waals surface area (Å²) in [7, 11) is 0. The van der Waals surface area contributed by atoms with Gasteiger partial charge >= 0.3 is 11.9 Å². The molecule has 0 bridgehead atoms. The van der Waals surface area contributed by atoms with E-state index in [2.05, 4.69) is 58.2 Å². The number of carboxylic acids is 2. The van der Waals surface area contributed by atoms with Crippen LogP contribution in [0.4, 0.5) is 0 Å². The maximum atomic E-state index is 14.3. The monoisotopic (exact) mass is 1260 g/mol. The Kier molecular flexibility index (Phi) is 38.4. The Bertz CT molecular complexity index is 2360. The number of hydrogen-bond donors (Lipinski definition) is 20. The maximum absolute atomic E-state index is 14.3. The van der Waals surface area contributed by atoms with Crippen LogP contribution in [-0.4, -0.2) is 202 Å². The third-order valence-corrected chi connectivity index (χ3v) is 13.4. The van der Waals surface area contributed by atoms with Crippen LogP contribution in [0.5, 0.6) is 0 Å². The van der Waals surface area contributed by atoms with E-state index >= 15 is 0 Å². The van der Waals surface area contributed by atoms with Crippen LogP contribution in [0.25, 0.3) is 0 Å². The lowest BCUT2D eigenvalue weighted by Gasteiger charge is -2.29. The molecule has 0 aromatic rings. The highest BCUT2D eigenvalue weighted by atomic mass is 16.4. The van der Waals surface area contributed by atoms with E-state index in [-0.39, 0.29) is 82.4 Å². The lowest BCUT2D eigenvalue weighted by molar-refractivity contribution is -0.143. The van der Waals surface area contributed by atoms with Gasteiger partial charge in [-0.2, -0.15) is 0 Å². The van der Waals surface area contributed by atoms with Crippen molar-refractivity contribution >= 4 is 82.9 Å². The van der Waals surface area contributed by atoms with Crippen LogP contribution < -0.4 is 87.6 Å². The average molecular weight is 1260 g/mol. The summed E-state index contributed by atoms with van der Waals surface area (Å²) in [6, 6.07) is -16.3. The third-order valence-electron chi connectivity index (χ3n) is 13.4. The van der Waals surface area contributed by atoms with Gasteiger partial charge in [0, 0.05) is 13.0 Å². The number of nitrogens with one attached hydrogen (secondary N) is 10. The van der Waals surface area contributed by atoms with Crippen LogP contribution >= 0.6 is 0 Å². The molecule has 0 aromatic heterocycles. The molecule has 502 valence electrons. The first-order chi connectivity index (χ1) is 41.1. The van der Waals surface area contributed by atoms with Crippen molar-refractivity contribution in [2.75, 3.05) is 26.2 Å². The summed E-state index contributed by atoms with van der Waals surface area (Å²) in [4.78, 5) is 177. The summed E-state index contributed by atoms with van der Waals surface area (Å²) < 4.78 is 0. The molecular weight excluding hydrogens is 1160 g/mol. The number of rotatable bonds is 45. The van der Waals surface area contributed by atoms with Crippen LogP contribution in [0.3, 0.4) is 0 Å². The summed E-state index contributed by atoms with van der Waals surface area (Å²) in [6.07, 6.45) is -2.01. The number of amides is 11. The molecule has 0 aliphatic carbocycles. The smallest absolute Gasteiger partial charge is 0.328 e. The van der Waals surface area contributed by atoms with Crippen molar-refractivity contribution in [2.45, 2.75) is 211 Å². The first-order valence-electron chi connectivity index (χ1n) is 29.4. The zero-order valence-electron chi connectivity index (χ0n) is 51.7. The molecule has 0 aliphatic rings. The normalized spacial score (nSPS) is 15.3.